The third-order valence-electron chi connectivity index (χ3n) is 2.69. The van der Waals surface area contributed by atoms with Crippen molar-refractivity contribution in [3.63, 3.8) is 0 Å². The summed E-state index contributed by atoms with van der Waals surface area (Å²) in [5, 5.41) is 18.4. The molecule has 3 nitrogen and oxygen atoms in total. The maximum atomic E-state index is 9.34. The Labute approximate surface area is 141 Å². The Morgan fingerprint density at radius 1 is 1.30 bits per heavy atom. The summed E-state index contributed by atoms with van der Waals surface area (Å²) in [6.07, 6.45) is 6.99. The van der Waals surface area contributed by atoms with Crippen molar-refractivity contribution in [3.05, 3.63) is 59.0 Å². The van der Waals surface area contributed by atoms with E-state index in [9.17, 15) is 5.11 Å². The van der Waals surface area contributed by atoms with Gasteiger partial charge in [-0.3, -0.25) is 0 Å². The molecule has 0 saturated carbocycles. The summed E-state index contributed by atoms with van der Waals surface area (Å²) >= 11 is 2.12. The Morgan fingerprint density at radius 2 is 2.00 bits per heavy atom. The van der Waals surface area contributed by atoms with Crippen LogP contribution in [0.25, 0.3) is 0 Å². The second kappa shape index (κ2) is 8.62. The summed E-state index contributed by atoms with van der Waals surface area (Å²) in [6.45, 7) is 4.90. The van der Waals surface area contributed by atoms with Crippen molar-refractivity contribution in [2.45, 2.75) is 20.4 Å². The Hall–Kier alpha value is -0.623. The van der Waals surface area contributed by atoms with Crippen LogP contribution in [0.3, 0.4) is 0 Å². The Morgan fingerprint density at radius 3 is 2.55 bits per heavy atom. The molecule has 1 aromatic carbocycles. The van der Waals surface area contributed by atoms with Crippen LogP contribution in [0, 0.1) is 26.1 Å². The molecule has 20 heavy (non-hydrogen) atoms. The van der Waals surface area contributed by atoms with Gasteiger partial charge in [-0.05, 0) is 0 Å². The first kappa shape index (κ1) is 17.4. The van der Waals surface area contributed by atoms with Gasteiger partial charge < -0.3 is 0 Å². The zero-order valence-corrected chi connectivity index (χ0v) is 17.1. The van der Waals surface area contributed by atoms with Gasteiger partial charge in [0, 0.05) is 0 Å². The fourth-order valence-corrected chi connectivity index (χ4v) is 2.12. The SMILES string of the molecule is Cc1ccc(CN([C-]=[C-]/C=C(/O)[C](O)=[W])[CH]=[W])cc1C. The molecule has 5 heteroatoms. The van der Waals surface area contributed by atoms with Crippen molar-refractivity contribution in [2.75, 3.05) is 0 Å². The van der Waals surface area contributed by atoms with Crippen molar-refractivity contribution in [3.8, 4) is 0 Å². The zero-order valence-electron chi connectivity index (χ0n) is 11.3. The van der Waals surface area contributed by atoms with Crippen molar-refractivity contribution in [1.29, 1.82) is 0 Å². The van der Waals surface area contributed by atoms with Crippen LogP contribution in [-0.4, -0.2) is 23.7 Å². The first-order valence-electron chi connectivity index (χ1n) is 5.85. The molecule has 0 fully saturated rings. The number of hydrogen-bond acceptors (Lipinski definition) is 3. The second-order valence-electron chi connectivity index (χ2n) is 4.24. The van der Waals surface area contributed by atoms with E-state index in [1.54, 1.807) is 0 Å². The molecule has 1 rings (SSSR count). The Kier molecular flexibility index (Phi) is 7.51. The second-order valence-corrected chi connectivity index (χ2v) is 6.39. The zero-order chi connectivity index (χ0) is 15.1. The molecule has 0 radical (unpaired) electrons. The Bertz CT molecular complexity index is 565. The summed E-state index contributed by atoms with van der Waals surface area (Å²) in [5.74, 6) is -0.165. The van der Waals surface area contributed by atoms with Crippen LogP contribution in [0.15, 0.2) is 30.0 Å². The van der Waals surface area contributed by atoms with Gasteiger partial charge in [0.15, 0.2) is 0 Å². The normalized spacial score (nSPS) is 11.7. The summed E-state index contributed by atoms with van der Waals surface area (Å²) in [5.41, 5.74) is 3.74. The summed E-state index contributed by atoms with van der Waals surface area (Å²) in [4.78, 5) is 1.88. The minimum atomic E-state index is -0.165. The molecule has 0 unspecified atom stereocenters. The van der Waals surface area contributed by atoms with E-state index in [4.69, 9.17) is 5.11 Å². The van der Waals surface area contributed by atoms with Crippen molar-refractivity contribution in [1.82, 2.24) is 4.90 Å². The van der Waals surface area contributed by atoms with E-state index in [0.29, 0.717) is 6.54 Å². The fraction of sp³-hybridized carbons (Fsp3) is 0.200. The van der Waals surface area contributed by atoms with E-state index < -0.39 is 0 Å². The monoisotopic (exact) mass is 609 g/mol. The van der Waals surface area contributed by atoms with Gasteiger partial charge >= 0.3 is 142 Å². The predicted molar refractivity (Wildman–Crippen MR) is 71.7 cm³/mol. The van der Waals surface area contributed by atoms with Gasteiger partial charge in [0.2, 0.25) is 0 Å². The molecule has 1 aromatic rings. The van der Waals surface area contributed by atoms with Crippen molar-refractivity contribution >= 4 is 8.61 Å². The molecular weight excluding hydrogens is 594 g/mol. The van der Waals surface area contributed by atoms with Gasteiger partial charge in [-0.25, -0.2) is 0 Å². The molecule has 0 aromatic heterocycles. The first-order chi connectivity index (χ1) is 9.43. The van der Waals surface area contributed by atoms with Gasteiger partial charge in [0.25, 0.3) is 0 Å². The van der Waals surface area contributed by atoms with E-state index in [0.717, 1.165) is 19.4 Å². The van der Waals surface area contributed by atoms with E-state index in [1.165, 1.54) is 42.1 Å². The molecule has 0 aliphatic carbocycles. The van der Waals surface area contributed by atoms with Crippen LogP contribution >= 0.6 is 0 Å². The predicted octanol–water partition coefficient (Wildman–Crippen LogP) is 2.02. The number of benzene rings is 1. The van der Waals surface area contributed by atoms with Crippen LogP contribution in [-0.2, 0) is 45.3 Å². The molecule has 0 heterocycles. The van der Waals surface area contributed by atoms with Gasteiger partial charge in [-0.1, -0.05) is 0 Å². The molecule has 106 valence electrons. The quantitative estimate of drug-likeness (QED) is 0.225. The summed E-state index contributed by atoms with van der Waals surface area (Å²) < 4.78 is 1.92. The van der Waals surface area contributed by atoms with Crippen LogP contribution in [0.2, 0.25) is 0 Å². The first-order valence-corrected chi connectivity index (χ1v) is 9.01. The number of nitrogens with zero attached hydrogens (tertiary/aromatic N) is 1. The third kappa shape index (κ3) is 5.79. The van der Waals surface area contributed by atoms with Crippen LogP contribution in [0.4, 0.5) is 0 Å². The van der Waals surface area contributed by atoms with Crippen molar-refractivity contribution in [2.24, 2.45) is 0 Å². The average Bonchev–Trinajstić information content (AvgIpc) is 2.41. The van der Waals surface area contributed by atoms with Crippen molar-refractivity contribution < 1.29 is 48.9 Å². The fourth-order valence-electron chi connectivity index (χ4n) is 1.45. The maximum absolute atomic E-state index is 9.34. The Balaban J connectivity index is 2.75. The number of hydrogen-bond donors (Lipinski definition) is 2. The van der Waals surface area contributed by atoms with E-state index in [2.05, 4.69) is 44.3 Å². The molecule has 0 atom stereocenters. The van der Waals surface area contributed by atoms with E-state index in [1.807, 2.05) is 9.42 Å². The van der Waals surface area contributed by atoms with Gasteiger partial charge in [0.05, 0.1) is 0 Å². The molecule has 0 aliphatic heterocycles. The minimum absolute atomic E-state index is 0.0499. The van der Waals surface area contributed by atoms with Crippen LogP contribution in [0.5, 0.6) is 0 Å². The topological polar surface area (TPSA) is 43.7 Å². The van der Waals surface area contributed by atoms with Crippen LogP contribution in [0.1, 0.15) is 16.7 Å². The number of aryl methyl sites for hydroxylation is 2. The van der Waals surface area contributed by atoms with Gasteiger partial charge in [0.1, 0.15) is 0 Å². The number of aliphatic hydroxyl groups is 2. The van der Waals surface area contributed by atoms with Gasteiger partial charge in [-0.15, -0.1) is 0 Å². The number of allylic oxidation sites excluding steroid dienone is 2. The summed E-state index contributed by atoms with van der Waals surface area (Å²) in [7, 11) is 0. The molecule has 0 aliphatic rings. The molecule has 0 spiro atoms. The molecule has 0 saturated heterocycles. The third-order valence-corrected chi connectivity index (χ3v) is 4.35. The molecule has 2 N–H and O–H groups in total. The standard InChI is InChI=1S/C15H15NO2.2W/c1-12-6-7-14(9-13(12)2)10-16(3)8-4-5-15(18)11-17;;/h3,5-7,9,17-18H,10H2,1-2H3;;/q-2;;/b15-5+;;. The van der Waals surface area contributed by atoms with Gasteiger partial charge in [-0.2, -0.15) is 0 Å². The average molecular weight is 609 g/mol. The summed E-state index contributed by atoms with van der Waals surface area (Å²) in [6, 6.07) is 6.36. The number of aliphatic hydroxyl groups excluding tert-OH is 2. The molecule has 0 amide bonds. The molecular formula is C15H15NO2W2-2. The number of rotatable bonds is 6. The van der Waals surface area contributed by atoms with Crippen LogP contribution < -0.4 is 0 Å². The molecule has 0 bridgehead atoms. The van der Waals surface area contributed by atoms with E-state index in [-0.39, 0.29) is 9.84 Å². The van der Waals surface area contributed by atoms with E-state index >= 15 is 0 Å².